The molecular weight excluding hydrogens is 542 g/mol. The van der Waals surface area contributed by atoms with Crippen LogP contribution in [0.2, 0.25) is 0 Å². The van der Waals surface area contributed by atoms with Crippen LogP contribution in [0.15, 0.2) is 36.5 Å². The second-order valence-corrected chi connectivity index (χ2v) is 13.0. The Morgan fingerprint density at radius 1 is 0.545 bits per heavy atom. The zero-order valence-corrected chi connectivity index (χ0v) is 29.4. The number of allylic oxidation sites excluding steroid dienone is 5. The third-order valence-electron chi connectivity index (χ3n) is 8.62. The topological polar surface area (TPSA) is 69.6 Å². The summed E-state index contributed by atoms with van der Waals surface area (Å²) in [5.41, 5.74) is 0. The van der Waals surface area contributed by atoms with Crippen LogP contribution < -0.4 is 5.32 Å². The number of hydrogen-bond acceptors (Lipinski definition) is 3. The highest BCUT2D eigenvalue weighted by molar-refractivity contribution is 5.76. The Morgan fingerprint density at radius 2 is 0.932 bits per heavy atom. The van der Waals surface area contributed by atoms with E-state index in [4.69, 9.17) is 0 Å². The Bertz CT molecular complexity index is 672. The third kappa shape index (κ3) is 32.0. The summed E-state index contributed by atoms with van der Waals surface area (Å²) >= 11 is 0. The molecule has 44 heavy (non-hydrogen) atoms. The van der Waals surface area contributed by atoms with E-state index in [0.717, 1.165) is 32.1 Å². The Morgan fingerprint density at radius 3 is 1.41 bits per heavy atom. The molecule has 0 aliphatic heterocycles. The molecule has 0 saturated heterocycles. The summed E-state index contributed by atoms with van der Waals surface area (Å²) in [7, 11) is 0. The van der Waals surface area contributed by atoms with Crippen LogP contribution in [0.1, 0.15) is 194 Å². The van der Waals surface area contributed by atoms with Gasteiger partial charge in [-0.3, -0.25) is 4.79 Å². The molecule has 0 rings (SSSR count). The van der Waals surface area contributed by atoms with E-state index in [0.29, 0.717) is 6.42 Å². The molecule has 4 nitrogen and oxygen atoms in total. The van der Waals surface area contributed by atoms with E-state index in [9.17, 15) is 15.0 Å². The number of aliphatic hydroxyl groups is 2. The van der Waals surface area contributed by atoms with E-state index in [2.05, 4.69) is 43.5 Å². The first-order valence-electron chi connectivity index (χ1n) is 19.2. The van der Waals surface area contributed by atoms with Crippen LogP contribution in [0, 0.1) is 0 Å². The molecule has 1 amide bonds. The van der Waals surface area contributed by atoms with E-state index in [1.807, 2.05) is 6.08 Å². The molecule has 0 bridgehead atoms. The van der Waals surface area contributed by atoms with E-state index in [-0.39, 0.29) is 12.5 Å². The van der Waals surface area contributed by atoms with Gasteiger partial charge in [0, 0.05) is 6.42 Å². The zero-order chi connectivity index (χ0) is 32.2. The number of carbonyl (C=O) groups is 1. The predicted octanol–water partition coefficient (Wildman–Crippen LogP) is 11.5. The van der Waals surface area contributed by atoms with E-state index in [1.54, 1.807) is 6.08 Å². The number of amides is 1. The molecule has 3 N–H and O–H groups in total. The number of hydrogen-bond donors (Lipinski definition) is 3. The van der Waals surface area contributed by atoms with Crippen LogP contribution in [-0.2, 0) is 4.79 Å². The fraction of sp³-hybridized carbons (Fsp3) is 0.825. The molecule has 258 valence electrons. The van der Waals surface area contributed by atoms with Crippen LogP contribution in [0.25, 0.3) is 0 Å². The smallest absolute Gasteiger partial charge is 0.220 e. The monoisotopic (exact) mass is 618 g/mol. The van der Waals surface area contributed by atoms with Gasteiger partial charge in [-0.25, -0.2) is 0 Å². The molecule has 0 saturated carbocycles. The number of nitrogens with one attached hydrogen (secondary N) is 1. The van der Waals surface area contributed by atoms with Gasteiger partial charge >= 0.3 is 0 Å². The highest BCUT2D eigenvalue weighted by Gasteiger charge is 2.17. The van der Waals surface area contributed by atoms with Crippen molar-refractivity contribution in [2.75, 3.05) is 6.61 Å². The molecule has 0 radical (unpaired) electrons. The van der Waals surface area contributed by atoms with Crippen LogP contribution in [0.3, 0.4) is 0 Å². The summed E-state index contributed by atoms with van der Waals surface area (Å²) in [6.45, 7) is 4.27. The van der Waals surface area contributed by atoms with Gasteiger partial charge < -0.3 is 15.5 Å². The van der Waals surface area contributed by atoms with Crippen LogP contribution >= 0.6 is 0 Å². The molecule has 2 unspecified atom stereocenters. The normalized spacial score (nSPS) is 13.5. The van der Waals surface area contributed by atoms with Crippen molar-refractivity contribution in [1.82, 2.24) is 5.32 Å². The minimum absolute atomic E-state index is 0.0735. The van der Waals surface area contributed by atoms with Gasteiger partial charge in [-0.05, 0) is 51.4 Å². The first-order valence-corrected chi connectivity index (χ1v) is 19.2. The molecule has 0 aliphatic carbocycles. The number of aliphatic hydroxyl groups excluding tert-OH is 2. The minimum atomic E-state index is -0.840. The van der Waals surface area contributed by atoms with Crippen LogP contribution in [0.4, 0.5) is 0 Å². The summed E-state index contributed by atoms with van der Waals surface area (Å²) in [5, 5.41) is 22.9. The number of unbranched alkanes of at least 4 members (excludes halogenated alkanes) is 23. The Labute approximate surface area is 274 Å². The van der Waals surface area contributed by atoms with E-state index in [1.165, 1.54) is 141 Å². The highest BCUT2D eigenvalue weighted by atomic mass is 16.3. The molecule has 4 heteroatoms. The van der Waals surface area contributed by atoms with Gasteiger partial charge in [-0.2, -0.15) is 0 Å². The molecule has 0 spiro atoms. The van der Waals surface area contributed by atoms with Crippen molar-refractivity contribution in [2.45, 2.75) is 206 Å². The maximum atomic E-state index is 12.3. The van der Waals surface area contributed by atoms with Crippen LogP contribution in [-0.4, -0.2) is 34.9 Å². The van der Waals surface area contributed by atoms with Crippen molar-refractivity contribution in [3.05, 3.63) is 36.5 Å². The van der Waals surface area contributed by atoms with Crippen molar-refractivity contribution in [3.63, 3.8) is 0 Å². The van der Waals surface area contributed by atoms with Crippen molar-refractivity contribution < 1.29 is 15.0 Å². The molecule has 0 fully saturated rings. The second-order valence-electron chi connectivity index (χ2n) is 13.0. The average molecular weight is 618 g/mol. The molecule has 0 aliphatic rings. The Balaban J connectivity index is 3.63. The lowest BCUT2D eigenvalue weighted by molar-refractivity contribution is -0.123. The standard InChI is InChI=1S/C40H75NO3/c1-3-5-7-9-11-13-15-17-19-20-22-24-26-28-30-32-34-36-40(44)41-38(37-42)39(43)35-33-31-29-27-25-23-21-18-16-14-12-10-8-6-4-2/h11,13,17,19,33,35,38-39,42-43H,3-10,12,14-16,18,20-32,34,36-37H2,1-2H3,(H,41,44)/b13-11-,19-17-,35-33+. The van der Waals surface area contributed by atoms with Gasteiger partial charge in [0.15, 0.2) is 0 Å². The number of carbonyl (C=O) groups excluding carboxylic acids is 1. The SMILES string of the molecule is CCCCC/C=C\C/C=C\CCCCCCCCCC(=O)NC(CO)C(O)/C=C/CCCCCCCCCCCCCCC. The summed E-state index contributed by atoms with van der Waals surface area (Å²) in [6.07, 6.45) is 46.5. The molecule has 0 aromatic heterocycles. The lowest BCUT2D eigenvalue weighted by atomic mass is 10.0. The summed E-state index contributed by atoms with van der Waals surface area (Å²) in [4.78, 5) is 12.3. The van der Waals surface area contributed by atoms with Gasteiger partial charge in [0.2, 0.25) is 5.91 Å². The largest absolute Gasteiger partial charge is 0.394 e. The van der Waals surface area contributed by atoms with Crippen LogP contribution in [0.5, 0.6) is 0 Å². The van der Waals surface area contributed by atoms with Gasteiger partial charge in [0.1, 0.15) is 0 Å². The lowest BCUT2D eigenvalue weighted by Crippen LogP contribution is -2.45. The van der Waals surface area contributed by atoms with Gasteiger partial charge in [0.05, 0.1) is 18.8 Å². The molecule has 2 atom stereocenters. The van der Waals surface area contributed by atoms with Gasteiger partial charge in [-0.1, -0.05) is 172 Å². The third-order valence-corrected chi connectivity index (χ3v) is 8.62. The van der Waals surface area contributed by atoms with Crippen molar-refractivity contribution in [2.24, 2.45) is 0 Å². The maximum absolute atomic E-state index is 12.3. The Kier molecular flexibility index (Phi) is 34.9. The second kappa shape index (κ2) is 36.1. The Hall–Kier alpha value is -1.39. The molecule has 0 heterocycles. The first-order chi connectivity index (χ1) is 21.7. The fourth-order valence-electron chi connectivity index (χ4n) is 5.62. The molecule has 0 aromatic carbocycles. The fourth-order valence-corrected chi connectivity index (χ4v) is 5.62. The first kappa shape index (κ1) is 42.6. The summed E-state index contributed by atoms with van der Waals surface area (Å²) < 4.78 is 0. The van der Waals surface area contributed by atoms with Crippen molar-refractivity contribution >= 4 is 5.91 Å². The van der Waals surface area contributed by atoms with E-state index < -0.39 is 12.1 Å². The summed E-state index contributed by atoms with van der Waals surface area (Å²) in [6, 6.07) is -0.624. The molecular formula is C40H75NO3. The zero-order valence-electron chi connectivity index (χ0n) is 29.4. The lowest BCUT2D eigenvalue weighted by Gasteiger charge is -2.20. The van der Waals surface area contributed by atoms with Crippen molar-refractivity contribution in [3.8, 4) is 0 Å². The minimum Gasteiger partial charge on any atom is -0.394 e. The van der Waals surface area contributed by atoms with Gasteiger partial charge in [-0.15, -0.1) is 0 Å². The van der Waals surface area contributed by atoms with E-state index >= 15 is 0 Å². The predicted molar refractivity (Wildman–Crippen MR) is 193 cm³/mol. The molecule has 0 aromatic rings. The number of rotatable bonds is 34. The maximum Gasteiger partial charge on any atom is 0.220 e. The van der Waals surface area contributed by atoms with Crippen molar-refractivity contribution in [1.29, 1.82) is 0 Å². The summed E-state index contributed by atoms with van der Waals surface area (Å²) in [5.74, 6) is -0.0735. The highest BCUT2D eigenvalue weighted by Crippen LogP contribution is 2.14. The average Bonchev–Trinajstić information content (AvgIpc) is 3.03. The van der Waals surface area contributed by atoms with Gasteiger partial charge in [0.25, 0.3) is 0 Å². The quantitative estimate of drug-likeness (QED) is 0.0497.